The third-order valence-corrected chi connectivity index (χ3v) is 8.16. The molecule has 1 atom stereocenters. The Kier molecular flexibility index (Phi) is 5.88. The quantitative estimate of drug-likeness (QED) is 0.277. The van der Waals surface area contributed by atoms with E-state index < -0.39 is 5.82 Å². The van der Waals surface area contributed by atoms with Crippen molar-refractivity contribution in [3.8, 4) is 11.5 Å². The van der Waals surface area contributed by atoms with Gasteiger partial charge in [0.15, 0.2) is 17.3 Å². The van der Waals surface area contributed by atoms with Gasteiger partial charge in [0, 0.05) is 41.5 Å². The van der Waals surface area contributed by atoms with Gasteiger partial charge in [-0.25, -0.2) is 28.8 Å². The molecule has 1 aromatic carbocycles. The zero-order chi connectivity index (χ0) is 28.1. The smallest absolute Gasteiger partial charge is 0.246 e. The predicted octanol–water partition coefficient (Wildman–Crippen LogP) is 5.48. The minimum Gasteiger partial charge on any atom is -0.457 e. The van der Waals surface area contributed by atoms with Gasteiger partial charge in [-0.3, -0.25) is 4.79 Å². The second kappa shape index (κ2) is 9.61. The number of pyridine rings is 2. The largest absolute Gasteiger partial charge is 0.457 e. The Labute approximate surface area is 234 Å². The molecular weight excluding hydrogens is 523 g/mol. The molecule has 41 heavy (non-hydrogen) atoms. The van der Waals surface area contributed by atoms with Gasteiger partial charge in [-0.1, -0.05) is 6.58 Å². The molecule has 0 radical (unpaired) electrons. The summed E-state index contributed by atoms with van der Waals surface area (Å²) in [6.07, 6.45) is 9.71. The molecule has 0 bridgehead atoms. The highest BCUT2D eigenvalue weighted by Gasteiger charge is 2.53. The van der Waals surface area contributed by atoms with E-state index in [0.717, 1.165) is 31.4 Å². The molecule has 1 N–H and O–H groups in total. The molecule has 11 heteroatoms. The SMILES string of the molecule is C=CC(=O)N1CC[C@@H](c2ccc3ncnc(Nc4ccc(Oc5ccn6ncnc6c5)c(C)c4F)c3n2)CC12CC2. The number of piperidine rings is 1. The Morgan fingerprint density at radius 3 is 2.88 bits per heavy atom. The van der Waals surface area contributed by atoms with Crippen LogP contribution in [0.15, 0.2) is 67.9 Å². The van der Waals surface area contributed by atoms with E-state index in [2.05, 4.69) is 31.9 Å². The summed E-state index contributed by atoms with van der Waals surface area (Å²) >= 11 is 0. The van der Waals surface area contributed by atoms with Gasteiger partial charge in [0.05, 0.1) is 11.2 Å². The van der Waals surface area contributed by atoms with Gasteiger partial charge in [-0.05, 0) is 69.0 Å². The lowest BCUT2D eigenvalue weighted by Crippen LogP contribution is -2.46. The average Bonchev–Trinajstić information content (AvgIpc) is 3.59. The molecule has 4 aromatic heterocycles. The molecule has 1 spiro atoms. The van der Waals surface area contributed by atoms with Crippen molar-refractivity contribution in [2.45, 2.75) is 44.1 Å². The number of benzene rings is 1. The second-order valence-corrected chi connectivity index (χ2v) is 10.6. The van der Waals surface area contributed by atoms with Gasteiger partial charge in [0.2, 0.25) is 5.91 Å². The summed E-state index contributed by atoms with van der Waals surface area (Å²) in [5, 5.41) is 7.20. The first-order valence-electron chi connectivity index (χ1n) is 13.5. The number of halogens is 1. The van der Waals surface area contributed by atoms with E-state index in [1.807, 2.05) is 17.0 Å². The molecule has 10 nitrogen and oxygen atoms in total. The number of rotatable bonds is 6. The molecule has 1 amide bonds. The Bertz CT molecular complexity index is 1830. The highest BCUT2D eigenvalue weighted by molar-refractivity contribution is 5.88. The monoisotopic (exact) mass is 550 g/mol. The average molecular weight is 551 g/mol. The van der Waals surface area contributed by atoms with Crippen molar-refractivity contribution in [2.24, 2.45) is 0 Å². The van der Waals surface area contributed by atoms with Gasteiger partial charge < -0.3 is 15.0 Å². The Hall–Kier alpha value is -4.93. The molecular formula is C30H27FN8O2. The molecule has 1 aliphatic heterocycles. The number of nitrogens with zero attached hydrogens (tertiary/aromatic N) is 7. The number of fused-ring (bicyclic) bond motifs is 2. The molecule has 1 aliphatic carbocycles. The minimum atomic E-state index is -0.455. The number of hydrogen-bond donors (Lipinski definition) is 1. The lowest BCUT2D eigenvalue weighted by Gasteiger charge is -2.39. The van der Waals surface area contributed by atoms with Gasteiger partial charge in [0.25, 0.3) is 0 Å². The first kappa shape index (κ1) is 25.1. The van der Waals surface area contributed by atoms with Crippen LogP contribution in [-0.4, -0.2) is 52.4 Å². The van der Waals surface area contributed by atoms with Crippen LogP contribution < -0.4 is 10.1 Å². The van der Waals surface area contributed by atoms with Crippen molar-refractivity contribution < 1.29 is 13.9 Å². The van der Waals surface area contributed by atoms with E-state index in [0.29, 0.717) is 46.1 Å². The van der Waals surface area contributed by atoms with E-state index in [1.54, 1.807) is 41.9 Å². The van der Waals surface area contributed by atoms with E-state index in [9.17, 15) is 4.79 Å². The number of carbonyl (C=O) groups excluding carboxylic acids is 1. The van der Waals surface area contributed by atoms with Crippen LogP contribution in [0.25, 0.3) is 16.7 Å². The van der Waals surface area contributed by atoms with Gasteiger partial charge >= 0.3 is 0 Å². The maximum absolute atomic E-state index is 15.6. The summed E-state index contributed by atoms with van der Waals surface area (Å²) in [6.45, 7) is 6.01. The van der Waals surface area contributed by atoms with Crippen LogP contribution in [0, 0.1) is 12.7 Å². The highest BCUT2D eigenvalue weighted by Crippen LogP contribution is 2.52. The topological polar surface area (TPSA) is 110 Å². The standard InChI is InChI=1S/C30H27FN8O2/c1-3-26(40)38-12-8-19(15-30(38)10-11-30)21-4-5-23-28(36-21)29(34-16-32-23)37-22-6-7-24(18(2)27(22)31)41-20-9-13-39-25(14-20)33-17-35-39/h3-7,9,13-14,16-17,19H,1,8,10-12,15H2,2H3,(H,32,34,37)/t19-/m1/s1. The zero-order valence-electron chi connectivity index (χ0n) is 22.4. The van der Waals surface area contributed by atoms with Gasteiger partial charge in [-0.2, -0.15) is 5.10 Å². The van der Waals surface area contributed by atoms with Crippen LogP contribution in [0.3, 0.4) is 0 Å². The van der Waals surface area contributed by atoms with E-state index >= 15 is 4.39 Å². The maximum atomic E-state index is 15.6. The fourth-order valence-corrected chi connectivity index (χ4v) is 5.78. The number of carbonyl (C=O) groups is 1. The number of nitrogens with one attached hydrogen (secondary N) is 1. The number of anilines is 2. The van der Waals surface area contributed by atoms with Crippen molar-refractivity contribution in [1.82, 2.24) is 34.4 Å². The number of aromatic nitrogens is 6. The Balaban J connectivity index is 1.15. The molecule has 1 saturated heterocycles. The lowest BCUT2D eigenvalue weighted by molar-refractivity contribution is -0.130. The van der Waals surface area contributed by atoms with Crippen LogP contribution in [0.5, 0.6) is 11.5 Å². The number of likely N-dealkylation sites (tertiary alicyclic amines) is 1. The number of ether oxygens (including phenoxy) is 1. The van der Waals surface area contributed by atoms with Crippen LogP contribution in [0.2, 0.25) is 0 Å². The summed E-state index contributed by atoms with van der Waals surface area (Å²) in [5.41, 5.74) is 3.29. The van der Waals surface area contributed by atoms with Gasteiger partial charge in [0.1, 0.15) is 29.7 Å². The van der Waals surface area contributed by atoms with E-state index in [1.165, 1.54) is 18.7 Å². The third-order valence-electron chi connectivity index (χ3n) is 8.16. The third kappa shape index (κ3) is 4.43. The molecule has 2 aliphatic rings. The number of amides is 1. The van der Waals surface area contributed by atoms with Crippen molar-refractivity contribution in [2.75, 3.05) is 11.9 Å². The van der Waals surface area contributed by atoms with Crippen molar-refractivity contribution in [3.63, 3.8) is 0 Å². The minimum absolute atomic E-state index is 0.00237. The number of hydrogen-bond acceptors (Lipinski definition) is 8. The van der Waals surface area contributed by atoms with Crippen molar-refractivity contribution >= 4 is 34.1 Å². The molecule has 2 fully saturated rings. The zero-order valence-corrected chi connectivity index (χ0v) is 22.4. The Morgan fingerprint density at radius 2 is 2.05 bits per heavy atom. The Morgan fingerprint density at radius 1 is 1.17 bits per heavy atom. The highest BCUT2D eigenvalue weighted by atomic mass is 19.1. The summed E-state index contributed by atoms with van der Waals surface area (Å²) in [6, 6.07) is 10.7. The molecule has 5 aromatic rings. The summed E-state index contributed by atoms with van der Waals surface area (Å²) in [7, 11) is 0. The normalized spacial score (nSPS) is 17.6. The van der Waals surface area contributed by atoms with Crippen molar-refractivity contribution in [3.05, 3.63) is 85.0 Å². The van der Waals surface area contributed by atoms with E-state index in [4.69, 9.17) is 9.72 Å². The van der Waals surface area contributed by atoms with Crippen LogP contribution >= 0.6 is 0 Å². The van der Waals surface area contributed by atoms with Crippen LogP contribution in [0.1, 0.15) is 42.9 Å². The second-order valence-electron chi connectivity index (χ2n) is 10.6. The fourth-order valence-electron chi connectivity index (χ4n) is 5.78. The summed E-state index contributed by atoms with van der Waals surface area (Å²) in [4.78, 5) is 32.2. The summed E-state index contributed by atoms with van der Waals surface area (Å²) in [5.74, 6) is 1.08. The molecule has 5 heterocycles. The fraction of sp³-hybridized carbons (Fsp3) is 0.267. The van der Waals surface area contributed by atoms with E-state index in [-0.39, 0.29) is 23.1 Å². The van der Waals surface area contributed by atoms with Crippen LogP contribution in [-0.2, 0) is 4.79 Å². The van der Waals surface area contributed by atoms with Crippen molar-refractivity contribution in [1.29, 1.82) is 0 Å². The maximum Gasteiger partial charge on any atom is 0.246 e. The predicted molar refractivity (Wildman–Crippen MR) is 151 cm³/mol. The van der Waals surface area contributed by atoms with Gasteiger partial charge in [-0.15, -0.1) is 0 Å². The van der Waals surface area contributed by atoms with Crippen LogP contribution in [0.4, 0.5) is 15.9 Å². The molecule has 0 unspecified atom stereocenters. The molecule has 7 rings (SSSR count). The molecule has 1 saturated carbocycles. The summed E-state index contributed by atoms with van der Waals surface area (Å²) < 4.78 is 23.2. The molecule has 206 valence electrons. The first-order chi connectivity index (χ1) is 19.9. The lowest BCUT2D eigenvalue weighted by atomic mass is 9.86. The first-order valence-corrected chi connectivity index (χ1v) is 13.5.